The Kier molecular flexibility index (Phi) is 9.77. The van der Waals surface area contributed by atoms with Crippen LogP contribution in [-0.2, 0) is 16.5 Å². The molecule has 5 heteroatoms. The minimum atomic E-state index is 0. The van der Waals surface area contributed by atoms with Crippen molar-refractivity contribution in [1.29, 1.82) is 0 Å². The molecule has 12 unspecified atom stereocenters. The third-order valence-electron chi connectivity index (χ3n) is 11.9. The van der Waals surface area contributed by atoms with E-state index < -0.39 is 0 Å². The van der Waals surface area contributed by atoms with Crippen molar-refractivity contribution >= 4 is 0 Å². The summed E-state index contributed by atoms with van der Waals surface area (Å²) in [5.74, 6) is 3.04. The van der Waals surface area contributed by atoms with Gasteiger partial charge in [0.1, 0.15) is 0 Å². The van der Waals surface area contributed by atoms with Crippen LogP contribution in [0.4, 0.5) is 0 Å². The summed E-state index contributed by atoms with van der Waals surface area (Å²) in [6.07, 6.45) is 9.93. The van der Waals surface area contributed by atoms with Crippen molar-refractivity contribution in [3.8, 4) is 0 Å². The van der Waals surface area contributed by atoms with Gasteiger partial charge in [-0.05, 0) is 76.0 Å². The largest absolute Gasteiger partial charge is 0.311 e. The summed E-state index contributed by atoms with van der Waals surface area (Å²) in [6, 6.07) is 4.63. The summed E-state index contributed by atoms with van der Waals surface area (Å²) in [6.45, 7) is 19.6. The maximum absolute atomic E-state index is 4.22. The van der Waals surface area contributed by atoms with E-state index in [0.717, 1.165) is 23.7 Å². The van der Waals surface area contributed by atoms with Crippen LogP contribution in [0.2, 0.25) is 0 Å². The van der Waals surface area contributed by atoms with Crippen molar-refractivity contribution in [2.45, 2.75) is 155 Å². The van der Waals surface area contributed by atoms with Crippen molar-refractivity contribution in [2.24, 2.45) is 23.7 Å². The van der Waals surface area contributed by atoms with Crippen LogP contribution in [0, 0.1) is 23.7 Å². The molecule has 0 saturated carbocycles. The van der Waals surface area contributed by atoms with Crippen molar-refractivity contribution in [3.05, 3.63) is 22.3 Å². The third kappa shape index (κ3) is 5.31. The second-order valence-corrected chi connectivity index (χ2v) is 13.2. The number of hydrogen-bond donors (Lipinski definition) is 4. The summed E-state index contributed by atoms with van der Waals surface area (Å²) in [5.41, 5.74) is 6.72. The van der Waals surface area contributed by atoms with E-state index >= 15 is 0 Å². The molecule has 3 fully saturated rings. The van der Waals surface area contributed by atoms with Crippen LogP contribution in [0.15, 0.2) is 22.3 Å². The minimum Gasteiger partial charge on any atom is -0.311 e. The van der Waals surface area contributed by atoms with Crippen molar-refractivity contribution in [3.63, 3.8) is 0 Å². The topological polar surface area (TPSA) is 48.1 Å². The molecule has 214 valence electrons. The third-order valence-corrected chi connectivity index (χ3v) is 11.9. The minimum absolute atomic E-state index is 0. The molecule has 3 saturated heterocycles. The molecule has 4 N–H and O–H groups in total. The average Bonchev–Trinajstić information content (AvgIpc) is 3.51. The fourth-order valence-electron chi connectivity index (χ4n) is 9.70. The Labute approximate surface area is 238 Å². The van der Waals surface area contributed by atoms with Crippen LogP contribution in [0.5, 0.6) is 0 Å². The van der Waals surface area contributed by atoms with Crippen molar-refractivity contribution < 1.29 is 16.5 Å². The molecular weight excluding hydrogens is 499 g/mol. The first kappa shape index (κ1) is 29.8. The zero-order chi connectivity index (χ0) is 25.7. The van der Waals surface area contributed by atoms with E-state index in [1.165, 1.54) is 51.4 Å². The monoisotopic (exact) mass is 554 g/mol. The number of hydrogen-bond acceptors (Lipinski definition) is 4. The molecule has 12 atom stereocenters. The summed E-state index contributed by atoms with van der Waals surface area (Å²) >= 11 is 0. The van der Waals surface area contributed by atoms with Crippen molar-refractivity contribution in [1.82, 2.24) is 21.3 Å². The van der Waals surface area contributed by atoms with Gasteiger partial charge in [-0.1, -0.05) is 76.7 Å². The van der Waals surface area contributed by atoms with Crippen LogP contribution >= 0.6 is 0 Å². The van der Waals surface area contributed by atoms with E-state index in [2.05, 4.69) is 76.7 Å². The molecule has 0 aliphatic carbocycles. The van der Waals surface area contributed by atoms with Gasteiger partial charge in [-0.25, -0.2) is 0 Å². The number of fused-ring (bicyclic) bond motifs is 8. The first-order valence-electron chi connectivity index (χ1n) is 15.7. The fraction of sp³-hybridized carbons (Fsp3) is 0.875. The van der Waals surface area contributed by atoms with Gasteiger partial charge in [0.05, 0.1) is 0 Å². The van der Waals surface area contributed by atoms with E-state index in [1.54, 1.807) is 22.3 Å². The molecule has 4 nitrogen and oxygen atoms in total. The van der Waals surface area contributed by atoms with Gasteiger partial charge < -0.3 is 21.3 Å². The molecule has 0 aromatic rings. The van der Waals surface area contributed by atoms with Gasteiger partial charge >= 0.3 is 0 Å². The van der Waals surface area contributed by atoms with Gasteiger partial charge in [-0.3, -0.25) is 0 Å². The second-order valence-electron chi connectivity index (χ2n) is 13.2. The van der Waals surface area contributed by atoms with E-state index in [-0.39, 0.29) is 16.5 Å². The Morgan fingerprint density at radius 1 is 0.541 bits per heavy atom. The van der Waals surface area contributed by atoms with Crippen LogP contribution in [0.25, 0.3) is 0 Å². The van der Waals surface area contributed by atoms with E-state index in [1.807, 2.05) is 0 Å². The zero-order valence-electron chi connectivity index (χ0n) is 24.9. The molecule has 0 spiro atoms. The maximum atomic E-state index is 4.22. The van der Waals surface area contributed by atoms with Gasteiger partial charge in [0.2, 0.25) is 0 Å². The molecule has 5 heterocycles. The average molecular weight is 556 g/mol. The normalized spacial score (nSPS) is 46.1. The van der Waals surface area contributed by atoms with Gasteiger partial charge in [-0.15, -0.1) is 0 Å². The Hall–Kier alpha value is -0.186. The van der Waals surface area contributed by atoms with Crippen LogP contribution in [0.3, 0.4) is 0 Å². The molecular formula is C32H56N4Ni. The molecule has 0 amide bonds. The van der Waals surface area contributed by atoms with E-state index in [0.29, 0.717) is 48.3 Å². The number of rotatable bonds is 4. The van der Waals surface area contributed by atoms with Gasteiger partial charge in [0.15, 0.2) is 0 Å². The Balaban J connectivity index is 0.00000320. The molecule has 8 bridgehead atoms. The van der Waals surface area contributed by atoms with E-state index in [9.17, 15) is 0 Å². The zero-order valence-corrected chi connectivity index (χ0v) is 25.9. The smallest absolute Gasteiger partial charge is 0.0303 e. The summed E-state index contributed by atoms with van der Waals surface area (Å²) in [7, 11) is 0. The van der Waals surface area contributed by atoms with Crippen molar-refractivity contribution in [2.75, 3.05) is 0 Å². The molecule has 5 aliphatic rings. The summed E-state index contributed by atoms with van der Waals surface area (Å²) < 4.78 is 0. The quantitative estimate of drug-likeness (QED) is 0.266. The van der Waals surface area contributed by atoms with Crippen LogP contribution in [-0.4, -0.2) is 48.3 Å². The molecule has 37 heavy (non-hydrogen) atoms. The standard InChI is InChI=1S/C32H56N4.Ni/c1-9-21-17(5)25-14-30-23(11-3)19(7)27(35-30)16-32-24(12-4)20(8)28(36-32)15-31-22(10-2)18(6)26(34-31)13-29(21)33-25;/h17,20-21,24-36H,9-16H2,1-8H3;. The predicted octanol–water partition coefficient (Wildman–Crippen LogP) is 5.70. The first-order valence-corrected chi connectivity index (χ1v) is 15.7. The summed E-state index contributed by atoms with van der Waals surface area (Å²) in [4.78, 5) is 0. The second kappa shape index (κ2) is 12.1. The first-order chi connectivity index (χ1) is 17.3. The van der Waals surface area contributed by atoms with Gasteiger partial charge in [-0.2, -0.15) is 0 Å². The molecule has 0 aromatic carbocycles. The fourth-order valence-corrected chi connectivity index (χ4v) is 9.70. The Morgan fingerprint density at radius 3 is 1.22 bits per heavy atom. The van der Waals surface area contributed by atoms with Crippen LogP contribution in [0.1, 0.15) is 107 Å². The predicted molar refractivity (Wildman–Crippen MR) is 153 cm³/mol. The molecule has 0 aromatic heterocycles. The van der Waals surface area contributed by atoms with Gasteiger partial charge in [0, 0.05) is 64.8 Å². The van der Waals surface area contributed by atoms with Gasteiger partial charge in [0.25, 0.3) is 0 Å². The summed E-state index contributed by atoms with van der Waals surface area (Å²) in [5, 5.41) is 16.8. The molecule has 5 aliphatic heterocycles. The molecule has 0 radical (unpaired) electrons. The number of nitrogens with one attached hydrogen (secondary N) is 4. The van der Waals surface area contributed by atoms with E-state index in [4.69, 9.17) is 0 Å². The Bertz CT molecular complexity index is 797. The molecule has 5 rings (SSSR count). The SMILES string of the molecule is CCC1=C(C)C2CC3NC(CC4NC(CC5NC(CC1N2)C(C)C5CC)C(C)=C4CC)C(C)C3CC.[Ni]. The maximum Gasteiger partial charge on any atom is 0.0303 e. The Morgan fingerprint density at radius 2 is 0.892 bits per heavy atom. The van der Waals surface area contributed by atoms with Crippen LogP contribution < -0.4 is 21.3 Å².